The molecule has 0 heterocycles. The molecule has 2 atom stereocenters. The van der Waals surface area contributed by atoms with E-state index in [1.807, 2.05) is 13.8 Å². The first-order chi connectivity index (χ1) is 13.5. The zero-order valence-corrected chi connectivity index (χ0v) is 24.7. The zero-order chi connectivity index (χ0) is 22.5. The van der Waals surface area contributed by atoms with Crippen LogP contribution in [-0.2, 0) is 19.1 Å². The van der Waals surface area contributed by atoms with Gasteiger partial charge >= 0.3 is 63.3 Å². The number of carbonyl (C=O) groups excluding carboxylic acids is 2. The van der Waals surface area contributed by atoms with Crippen LogP contribution in [0.3, 0.4) is 0 Å². The van der Waals surface area contributed by atoms with Crippen molar-refractivity contribution in [2.75, 3.05) is 0 Å². The summed E-state index contributed by atoms with van der Waals surface area (Å²) in [6, 6.07) is 0. The molecule has 0 fully saturated rings. The first-order valence-corrected chi connectivity index (χ1v) is 11.9. The van der Waals surface area contributed by atoms with E-state index in [4.69, 9.17) is 9.47 Å². The molecular weight excluding hydrogens is 403 g/mol. The molecule has 0 radical (unpaired) electrons. The summed E-state index contributed by atoms with van der Waals surface area (Å²) in [6.45, 7) is 16.6. The van der Waals surface area contributed by atoms with Gasteiger partial charge in [-0.25, -0.2) is 0 Å². The summed E-state index contributed by atoms with van der Waals surface area (Å²) in [6.07, 6.45) is 10.4. The molecular formula is C25H49KO4. The molecule has 0 aromatic rings. The van der Waals surface area contributed by atoms with Crippen molar-refractivity contribution in [1.29, 1.82) is 0 Å². The summed E-state index contributed by atoms with van der Waals surface area (Å²) in [5.74, 6) is -0.551. The van der Waals surface area contributed by atoms with Crippen molar-refractivity contribution in [2.45, 2.75) is 137 Å². The van der Waals surface area contributed by atoms with E-state index in [-0.39, 0.29) is 71.1 Å². The van der Waals surface area contributed by atoms with Gasteiger partial charge < -0.3 is 10.9 Å². The molecule has 5 heteroatoms. The molecule has 4 nitrogen and oxygen atoms in total. The van der Waals surface area contributed by atoms with Crippen molar-refractivity contribution in [3.63, 3.8) is 0 Å². The van der Waals surface area contributed by atoms with Gasteiger partial charge in [-0.3, -0.25) is 9.59 Å². The Hall–Kier alpha value is 0.576. The fourth-order valence-corrected chi connectivity index (χ4v) is 3.43. The summed E-state index contributed by atoms with van der Waals surface area (Å²) in [4.78, 5) is 25.0. The summed E-state index contributed by atoms with van der Waals surface area (Å²) in [5, 5.41) is 0. The Morgan fingerprint density at radius 1 is 0.700 bits per heavy atom. The van der Waals surface area contributed by atoms with Crippen LogP contribution in [0.2, 0.25) is 0 Å². The predicted octanol–water partition coefficient (Wildman–Crippen LogP) is 4.35. The molecule has 0 N–H and O–H groups in total. The SMILES string of the molecule is CCCCCCC(C)(OC(=O)CC(=O)OC(C)(CCCCCC)C(C)C)C(C)C.[H-].[K+]. The fourth-order valence-electron chi connectivity index (χ4n) is 3.43. The van der Waals surface area contributed by atoms with E-state index in [0.29, 0.717) is 0 Å². The molecule has 0 aromatic heterocycles. The van der Waals surface area contributed by atoms with Crippen molar-refractivity contribution in [3.05, 3.63) is 0 Å². The molecule has 0 aromatic carbocycles. The molecule has 0 aliphatic carbocycles. The molecule has 0 rings (SSSR count). The van der Waals surface area contributed by atoms with Gasteiger partial charge in [0.2, 0.25) is 0 Å². The molecule has 0 aliphatic heterocycles. The quantitative estimate of drug-likeness (QED) is 0.151. The van der Waals surface area contributed by atoms with Crippen LogP contribution < -0.4 is 51.4 Å². The smallest absolute Gasteiger partial charge is 1.00 e. The van der Waals surface area contributed by atoms with Crippen LogP contribution in [0.15, 0.2) is 0 Å². The average Bonchev–Trinajstić information content (AvgIpc) is 2.61. The van der Waals surface area contributed by atoms with E-state index in [2.05, 4.69) is 41.5 Å². The Labute approximate surface area is 230 Å². The van der Waals surface area contributed by atoms with Crippen molar-refractivity contribution in [1.82, 2.24) is 0 Å². The van der Waals surface area contributed by atoms with Crippen LogP contribution >= 0.6 is 0 Å². The summed E-state index contributed by atoms with van der Waals surface area (Å²) in [7, 11) is 0. The van der Waals surface area contributed by atoms with Gasteiger partial charge in [0.25, 0.3) is 0 Å². The molecule has 0 amide bonds. The second kappa shape index (κ2) is 17.1. The van der Waals surface area contributed by atoms with Crippen LogP contribution in [0.5, 0.6) is 0 Å². The van der Waals surface area contributed by atoms with E-state index in [9.17, 15) is 9.59 Å². The van der Waals surface area contributed by atoms with E-state index in [1.165, 1.54) is 25.7 Å². The monoisotopic (exact) mass is 452 g/mol. The molecule has 0 bridgehead atoms. The third-order valence-corrected chi connectivity index (χ3v) is 6.48. The Kier molecular flexibility index (Phi) is 18.7. The minimum absolute atomic E-state index is 0. The summed E-state index contributed by atoms with van der Waals surface area (Å²) < 4.78 is 11.6. The second-order valence-corrected chi connectivity index (χ2v) is 9.68. The van der Waals surface area contributed by atoms with Crippen LogP contribution in [0.4, 0.5) is 0 Å². The maximum absolute atomic E-state index is 12.5. The van der Waals surface area contributed by atoms with E-state index < -0.39 is 23.1 Å². The van der Waals surface area contributed by atoms with Gasteiger partial charge in [0.15, 0.2) is 0 Å². The van der Waals surface area contributed by atoms with Crippen LogP contribution in [0.1, 0.15) is 127 Å². The van der Waals surface area contributed by atoms with E-state index in [1.54, 1.807) is 0 Å². The van der Waals surface area contributed by atoms with Gasteiger partial charge in [0, 0.05) is 0 Å². The van der Waals surface area contributed by atoms with Crippen molar-refractivity contribution in [3.8, 4) is 0 Å². The zero-order valence-electron chi connectivity index (χ0n) is 22.6. The number of hydrogen-bond acceptors (Lipinski definition) is 4. The topological polar surface area (TPSA) is 52.6 Å². The van der Waals surface area contributed by atoms with E-state index >= 15 is 0 Å². The van der Waals surface area contributed by atoms with Gasteiger partial charge in [-0.1, -0.05) is 80.1 Å². The van der Waals surface area contributed by atoms with Crippen molar-refractivity contribution < 1.29 is 71.9 Å². The van der Waals surface area contributed by atoms with Gasteiger partial charge in [0.05, 0.1) is 0 Å². The molecule has 0 aliphatic rings. The molecule has 0 saturated heterocycles. The Bertz CT molecular complexity index is 442. The summed E-state index contributed by atoms with van der Waals surface area (Å²) in [5.41, 5.74) is -1.07. The summed E-state index contributed by atoms with van der Waals surface area (Å²) >= 11 is 0. The first-order valence-electron chi connectivity index (χ1n) is 11.9. The van der Waals surface area contributed by atoms with Gasteiger partial charge in [-0.05, 0) is 51.4 Å². The van der Waals surface area contributed by atoms with Gasteiger partial charge in [0.1, 0.15) is 17.6 Å². The molecule has 30 heavy (non-hydrogen) atoms. The van der Waals surface area contributed by atoms with Crippen LogP contribution in [-0.4, -0.2) is 23.1 Å². The predicted molar refractivity (Wildman–Crippen MR) is 122 cm³/mol. The number of ether oxygens (including phenoxy) is 2. The minimum atomic E-state index is -0.535. The maximum atomic E-state index is 12.5. The first kappa shape index (κ1) is 32.8. The van der Waals surface area contributed by atoms with Crippen LogP contribution in [0.25, 0.3) is 0 Å². The number of esters is 2. The van der Waals surface area contributed by atoms with Crippen LogP contribution in [0, 0.1) is 11.8 Å². The maximum Gasteiger partial charge on any atom is 1.00 e. The number of rotatable bonds is 16. The average molecular weight is 453 g/mol. The van der Waals surface area contributed by atoms with E-state index in [0.717, 1.165) is 38.5 Å². The standard InChI is InChI=1S/C25H48O4.K.H/c1-9-11-13-15-17-24(7,20(3)4)28-22(26)19-23(27)29-25(8,21(5)6)18-16-14-12-10-2;;/h20-21H,9-19H2,1-8H3;;/q;+1;-1. The largest absolute Gasteiger partial charge is 1.00 e. The minimum Gasteiger partial charge on any atom is -1.00 e. The third-order valence-electron chi connectivity index (χ3n) is 6.48. The molecule has 0 saturated carbocycles. The Morgan fingerprint density at radius 3 is 1.30 bits per heavy atom. The Balaban J connectivity index is -0.00000392. The van der Waals surface area contributed by atoms with Gasteiger partial charge in [-0.15, -0.1) is 0 Å². The molecule has 2 unspecified atom stereocenters. The van der Waals surface area contributed by atoms with Crippen molar-refractivity contribution in [2.24, 2.45) is 11.8 Å². The van der Waals surface area contributed by atoms with Gasteiger partial charge in [-0.2, -0.15) is 0 Å². The number of hydrogen-bond donors (Lipinski definition) is 0. The molecule has 174 valence electrons. The molecule has 0 spiro atoms. The number of unbranched alkanes of at least 4 members (excludes halogenated alkanes) is 6. The Morgan fingerprint density at radius 2 is 1.03 bits per heavy atom. The second-order valence-electron chi connectivity index (χ2n) is 9.68. The normalized spacial score (nSPS) is 15.3. The van der Waals surface area contributed by atoms with Crippen molar-refractivity contribution >= 4 is 11.9 Å². The fraction of sp³-hybridized carbons (Fsp3) is 0.920. The third kappa shape index (κ3) is 13.2. The number of carbonyl (C=O) groups is 2.